The van der Waals surface area contributed by atoms with Gasteiger partial charge in [0.15, 0.2) is 0 Å². The average Bonchev–Trinajstić information content (AvgIpc) is 2.10. The zero-order valence-corrected chi connectivity index (χ0v) is 8.32. The number of carbonyl (C=O) groups is 1. The summed E-state index contributed by atoms with van der Waals surface area (Å²) in [6, 6.07) is 0.798. The van der Waals surface area contributed by atoms with E-state index < -0.39 is 40.5 Å². The Morgan fingerprint density at radius 2 is 1.94 bits per heavy atom. The van der Waals surface area contributed by atoms with Gasteiger partial charge in [-0.05, 0) is 17.7 Å². The molecular formula is C9H4ClF4O2-. The summed E-state index contributed by atoms with van der Waals surface area (Å²) >= 11 is 5.22. The molecule has 0 saturated carbocycles. The summed E-state index contributed by atoms with van der Waals surface area (Å²) in [6.45, 7) is 0. The molecule has 0 heterocycles. The number of carbonyl (C=O) groups excluding carboxylic acids is 1. The molecule has 2 nitrogen and oxygen atoms in total. The lowest BCUT2D eigenvalue weighted by atomic mass is 10.1. The third-order valence-corrected chi connectivity index (χ3v) is 2.04. The van der Waals surface area contributed by atoms with Crippen LogP contribution < -0.4 is 5.11 Å². The number of carboxylic acid groups (broad SMARTS) is 1. The molecule has 1 aromatic rings. The Morgan fingerprint density at radius 1 is 1.38 bits per heavy atom. The molecule has 88 valence electrons. The molecule has 0 aromatic heterocycles. The Hall–Kier alpha value is -1.30. The lowest BCUT2D eigenvalue weighted by molar-refractivity contribution is -0.304. The molecule has 0 aliphatic heterocycles. The molecule has 0 amide bonds. The standard InChI is InChI=1S/C9H5ClF4O2/c10-6-3-5(9(12,13)14)1-4(8(6)11)2-7(15)16/h1,3H,2H2,(H,15,16)/p-1. The van der Waals surface area contributed by atoms with Gasteiger partial charge in [0, 0.05) is 12.4 Å². The first-order chi connectivity index (χ1) is 7.21. The van der Waals surface area contributed by atoms with Crippen molar-refractivity contribution in [2.75, 3.05) is 0 Å². The second-order valence-corrected chi connectivity index (χ2v) is 3.38. The van der Waals surface area contributed by atoms with Gasteiger partial charge in [-0.15, -0.1) is 0 Å². The second kappa shape index (κ2) is 4.29. The number of hydrogen-bond donors (Lipinski definition) is 0. The fourth-order valence-corrected chi connectivity index (χ4v) is 1.33. The van der Waals surface area contributed by atoms with E-state index in [0.717, 1.165) is 0 Å². The van der Waals surface area contributed by atoms with Gasteiger partial charge in [-0.1, -0.05) is 11.6 Å². The lowest BCUT2D eigenvalue weighted by Crippen LogP contribution is -2.25. The van der Waals surface area contributed by atoms with E-state index in [1.165, 1.54) is 0 Å². The topological polar surface area (TPSA) is 40.1 Å². The van der Waals surface area contributed by atoms with Crippen LogP contribution in [0.2, 0.25) is 5.02 Å². The fraction of sp³-hybridized carbons (Fsp3) is 0.222. The number of hydrogen-bond acceptors (Lipinski definition) is 2. The predicted molar refractivity (Wildman–Crippen MR) is 45.1 cm³/mol. The molecule has 0 spiro atoms. The third-order valence-electron chi connectivity index (χ3n) is 1.77. The Labute approximate surface area is 92.4 Å². The zero-order valence-electron chi connectivity index (χ0n) is 7.57. The van der Waals surface area contributed by atoms with Gasteiger partial charge in [0.25, 0.3) is 0 Å². The van der Waals surface area contributed by atoms with Crippen molar-refractivity contribution in [2.24, 2.45) is 0 Å². The molecule has 0 N–H and O–H groups in total. The molecule has 0 aliphatic rings. The Kier molecular flexibility index (Phi) is 3.42. The molecule has 7 heteroatoms. The summed E-state index contributed by atoms with van der Waals surface area (Å²) in [7, 11) is 0. The third kappa shape index (κ3) is 2.85. The normalized spacial score (nSPS) is 11.6. The van der Waals surface area contributed by atoms with Crippen molar-refractivity contribution in [3.05, 3.63) is 34.1 Å². The molecule has 0 unspecified atom stereocenters. The van der Waals surface area contributed by atoms with Crippen LogP contribution in [0.3, 0.4) is 0 Å². The van der Waals surface area contributed by atoms with Crippen LogP contribution in [0.5, 0.6) is 0 Å². The van der Waals surface area contributed by atoms with Crippen LogP contribution in [0.15, 0.2) is 12.1 Å². The van der Waals surface area contributed by atoms with Gasteiger partial charge < -0.3 is 9.90 Å². The fourth-order valence-electron chi connectivity index (χ4n) is 1.09. The number of carboxylic acids is 1. The van der Waals surface area contributed by atoms with Gasteiger partial charge in [-0.25, -0.2) is 4.39 Å². The van der Waals surface area contributed by atoms with E-state index in [2.05, 4.69) is 0 Å². The van der Waals surface area contributed by atoms with Crippen LogP contribution in [0.1, 0.15) is 11.1 Å². The highest BCUT2D eigenvalue weighted by atomic mass is 35.5. The smallest absolute Gasteiger partial charge is 0.416 e. The molecule has 0 radical (unpaired) electrons. The van der Waals surface area contributed by atoms with Crippen molar-refractivity contribution in [1.29, 1.82) is 0 Å². The van der Waals surface area contributed by atoms with Gasteiger partial charge in [-0.2, -0.15) is 13.2 Å². The molecule has 1 aromatic carbocycles. The minimum absolute atomic E-state index is 0.398. The van der Waals surface area contributed by atoms with Gasteiger partial charge in [-0.3, -0.25) is 0 Å². The van der Waals surface area contributed by atoms with Crippen molar-refractivity contribution >= 4 is 17.6 Å². The van der Waals surface area contributed by atoms with Crippen LogP contribution >= 0.6 is 11.6 Å². The van der Waals surface area contributed by atoms with Crippen molar-refractivity contribution < 1.29 is 27.5 Å². The van der Waals surface area contributed by atoms with E-state index in [0.29, 0.717) is 12.1 Å². The van der Waals surface area contributed by atoms with Crippen LogP contribution in [-0.4, -0.2) is 5.97 Å². The molecule has 0 saturated heterocycles. The summed E-state index contributed by atoms with van der Waals surface area (Å²) in [4.78, 5) is 10.2. The number of benzene rings is 1. The first-order valence-corrected chi connectivity index (χ1v) is 4.34. The largest absolute Gasteiger partial charge is 0.550 e. The predicted octanol–water partition coefficient (Wildman–Crippen LogP) is 1.79. The molecule has 0 fully saturated rings. The van der Waals surface area contributed by atoms with Crippen LogP contribution in [0.4, 0.5) is 17.6 Å². The van der Waals surface area contributed by atoms with Crippen molar-refractivity contribution in [3.63, 3.8) is 0 Å². The van der Waals surface area contributed by atoms with E-state index in [4.69, 9.17) is 11.6 Å². The zero-order chi connectivity index (χ0) is 12.5. The van der Waals surface area contributed by atoms with Gasteiger partial charge in [0.05, 0.1) is 10.6 Å². The quantitative estimate of drug-likeness (QED) is 0.756. The number of alkyl halides is 3. The second-order valence-electron chi connectivity index (χ2n) is 2.98. The number of aliphatic carboxylic acids is 1. The summed E-state index contributed by atoms with van der Waals surface area (Å²) in [5.74, 6) is -2.87. The summed E-state index contributed by atoms with van der Waals surface area (Å²) in [6.07, 6.45) is -5.67. The van der Waals surface area contributed by atoms with Crippen molar-refractivity contribution in [2.45, 2.75) is 12.6 Å². The highest BCUT2D eigenvalue weighted by molar-refractivity contribution is 6.30. The molecule has 0 bridgehead atoms. The Balaban J connectivity index is 3.27. The van der Waals surface area contributed by atoms with E-state index >= 15 is 0 Å². The first kappa shape index (κ1) is 12.8. The SMILES string of the molecule is O=C([O-])Cc1cc(C(F)(F)F)cc(Cl)c1F. The molecule has 0 aliphatic carbocycles. The minimum Gasteiger partial charge on any atom is -0.550 e. The summed E-state index contributed by atoms with van der Waals surface area (Å²) in [5, 5.41) is 9.42. The number of rotatable bonds is 2. The highest BCUT2D eigenvalue weighted by Crippen LogP contribution is 2.33. The lowest BCUT2D eigenvalue weighted by Gasteiger charge is -2.11. The Bertz CT molecular complexity index is 428. The maximum atomic E-state index is 13.1. The highest BCUT2D eigenvalue weighted by Gasteiger charge is 2.32. The van der Waals surface area contributed by atoms with E-state index in [1.807, 2.05) is 0 Å². The summed E-state index contributed by atoms with van der Waals surface area (Å²) in [5.41, 5.74) is -1.85. The van der Waals surface area contributed by atoms with E-state index in [-0.39, 0.29) is 0 Å². The minimum atomic E-state index is -4.71. The van der Waals surface area contributed by atoms with Gasteiger partial charge in [0.1, 0.15) is 5.82 Å². The van der Waals surface area contributed by atoms with Gasteiger partial charge >= 0.3 is 6.18 Å². The van der Waals surface area contributed by atoms with Crippen molar-refractivity contribution in [1.82, 2.24) is 0 Å². The van der Waals surface area contributed by atoms with Crippen molar-refractivity contribution in [3.8, 4) is 0 Å². The molecule has 1 rings (SSSR count). The first-order valence-electron chi connectivity index (χ1n) is 3.96. The summed E-state index contributed by atoms with van der Waals surface area (Å²) < 4.78 is 50.0. The molecule has 16 heavy (non-hydrogen) atoms. The van der Waals surface area contributed by atoms with Crippen LogP contribution in [0, 0.1) is 5.82 Å². The monoisotopic (exact) mass is 255 g/mol. The Morgan fingerprint density at radius 3 is 2.38 bits per heavy atom. The maximum absolute atomic E-state index is 13.1. The number of halogens is 5. The molecular weight excluding hydrogens is 252 g/mol. The maximum Gasteiger partial charge on any atom is 0.416 e. The average molecular weight is 256 g/mol. The van der Waals surface area contributed by atoms with E-state index in [1.54, 1.807) is 0 Å². The van der Waals surface area contributed by atoms with Crippen LogP contribution in [0.25, 0.3) is 0 Å². The van der Waals surface area contributed by atoms with E-state index in [9.17, 15) is 27.5 Å². The molecule has 0 atom stereocenters. The van der Waals surface area contributed by atoms with Gasteiger partial charge in [0.2, 0.25) is 0 Å². The van der Waals surface area contributed by atoms with Crippen LogP contribution in [-0.2, 0) is 17.4 Å².